The first kappa shape index (κ1) is 28.5. The summed E-state index contributed by atoms with van der Waals surface area (Å²) in [5, 5.41) is 30.7. The van der Waals surface area contributed by atoms with Gasteiger partial charge < -0.3 is 40.9 Å². The monoisotopic (exact) mass is 567 g/mol. The lowest BCUT2D eigenvalue weighted by Gasteiger charge is -2.24. The Hall–Kier alpha value is -4.05. The number of benzene rings is 1. The van der Waals surface area contributed by atoms with Crippen molar-refractivity contribution in [2.24, 2.45) is 5.16 Å². The van der Waals surface area contributed by atoms with Gasteiger partial charge in [0.25, 0.3) is 5.91 Å². The van der Waals surface area contributed by atoms with E-state index >= 15 is 0 Å². The molecule has 2 heterocycles. The molecule has 2 amide bonds. The van der Waals surface area contributed by atoms with E-state index in [0.29, 0.717) is 0 Å². The van der Waals surface area contributed by atoms with E-state index in [9.17, 15) is 29.4 Å². The summed E-state index contributed by atoms with van der Waals surface area (Å²) < 4.78 is 10.1. The number of methoxy groups -OCH3 is 1. The van der Waals surface area contributed by atoms with Crippen LogP contribution in [-0.4, -0.2) is 83.3 Å². The summed E-state index contributed by atoms with van der Waals surface area (Å²) in [6.07, 6.45) is 0. The number of hydrogen-bond acceptors (Lipinski definition) is 14. The molecule has 0 unspecified atom stereocenters. The number of anilines is 1. The lowest BCUT2D eigenvalue weighted by atomic mass is 10.0. The van der Waals surface area contributed by atoms with Crippen molar-refractivity contribution < 1.29 is 43.7 Å². The van der Waals surface area contributed by atoms with Crippen LogP contribution in [0.15, 0.2) is 16.6 Å². The zero-order chi connectivity index (χ0) is 28.0. The summed E-state index contributed by atoms with van der Waals surface area (Å²) in [6.45, 7) is 0.786. The fourth-order valence-corrected chi connectivity index (χ4v) is 5.04. The number of nitrogens with zero attached hydrogens (tertiary/aromatic N) is 2. The first-order valence-corrected chi connectivity index (χ1v) is 12.9. The van der Waals surface area contributed by atoms with E-state index in [-0.39, 0.29) is 56.2 Å². The summed E-state index contributed by atoms with van der Waals surface area (Å²) in [4.78, 5) is 60.2. The second kappa shape index (κ2) is 12.5. The molecule has 1 aliphatic heterocycles. The molecule has 1 aliphatic rings. The third-order valence-corrected chi connectivity index (χ3v) is 7.08. The van der Waals surface area contributed by atoms with Crippen LogP contribution in [0.1, 0.15) is 27.2 Å². The molecule has 0 spiro atoms. The van der Waals surface area contributed by atoms with Gasteiger partial charge in [-0.25, -0.2) is 14.6 Å². The minimum atomic E-state index is -1.50. The molecule has 1 aromatic carbocycles. The molecule has 6 N–H and O–H groups in total. The molecule has 204 valence electrons. The number of thiazole rings is 1. The Labute approximate surface area is 224 Å². The minimum Gasteiger partial charge on any atom is -0.508 e. The maximum Gasteiger partial charge on any atom is 0.339 e. The number of ether oxygens (including phenoxy) is 2. The second-order valence-electron chi connectivity index (χ2n) is 7.81. The van der Waals surface area contributed by atoms with Crippen molar-refractivity contribution in [3.8, 4) is 11.5 Å². The van der Waals surface area contributed by atoms with Crippen molar-refractivity contribution in [2.75, 3.05) is 32.3 Å². The number of fused-ring (bicyclic) bond motifs is 1. The highest BCUT2D eigenvalue weighted by molar-refractivity contribution is 7.98. The van der Waals surface area contributed by atoms with Crippen molar-refractivity contribution in [3.63, 3.8) is 0 Å². The molecule has 0 bridgehead atoms. The fraction of sp³-hybridized carbons (Fsp3) is 0.364. The first-order valence-electron chi connectivity index (χ1n) is 10.9. The Balaban J connectivity index is 1.97. The number of nitrogens with one attached hydrogen (secondary N) is 2. The molecule has 38 heavy (non-hydrogen) atoms. The molecule has 0 saturated carbocycles. The van der Waals surface area contributed by atoms with Gasteiger partial charge in [-0.15, -0.1) is 11.3 Å². The molecule has 0 saturated heterocycles. The average molecular weight is 568 g/mol. The van der Waals surface area contributed by atoms with Crippen LogP contribution < -0.4 is 16.4 Å². The zero-order valence-corrected chi connectivity index (χ0v) is 22.1. The molecule has 2 atom stereocenters. The Morgan fingerprint density at radius 3 is 2.66 bits per heavy atom. The number of carbonyl (C=O) groups excluding carboxylic acids is 4. The van der Waals surface area contributed by atoms with Crippen LogP contribution >= 0.6 is 23.1 Å². The number of rotatable bonds is 5. The van der Waals surface area contributed by atoms with Gasteiger partial charge >= 0.3 is 11.9 Å². The number of nitrogen functional groups attached to an aromatic ring is 1. The molecule has 1 aromatic heterocycles. The quantitative estimate of drug-likeness (QED) is 0.184. The Bertz CT molecular complexity index is 1280. The van der Waals surface area contributed by atoms with E-state index in [1.54, 1.807) is 0 Å². The predicted molar refractivity (Wildman–Crippen MR) is 137 cm³/mol. The van der Waals surface area contributed by atoms with Crippen LogP contribution in [0.4, 0.5) is 5.13 Å². The Kier molecular flexibility index (Phi) is 9.35. The maximum atomic E-state index is 13.1. The fourth-order valence-electron chi connectivity index (χ4n) is 3.42. The highest BCUT2D eigenvalue weighted by atomic mass is 32.2. The van der Waals surface area contributed by atoms with Gasteiger partial charge in [0.15, 0.2) is 10.8 Å². The number of aromatic nitrogens is 1. The van der Waals surface area contributed by atoms with E-state index in [2.05, 4.69) is 20.8 Å². The number of carbonyl (C=O) groups is 4. The second-order valence-corrected chi connectivity index (χ2v) is 9.73. The SMILES string of the molecule is CON=C(C(=O)N[C@H]1COC(=O)c2c(C)c(O)cc(O)c2CSC[C@@H](C(=O)OC)NC1=O)c1csc(N)n1. The lowest BCUT2D eigenvalue weighted by molar-refractivity contribution is -0.144. The number of phenolic OH excluding ortho intramolecular Hbond substituents is 2. The number of phenols is 2. The number of aromatic hydroxyl groups is 2. The summed E-state index contributed by atoms with van der Waals surface area (Å²) >= 11 is 2.16. The predicted octanol–water partition coefficient (Wildman–Crippen LogP) is 0.0418. The summed E-state index contributed by atoms with van der Waals surface area (Å²) in [5.74, 6) is -4.10. The standard InChI is InChI=1S/C22H25N5O9S2/c1-9-14(28)4-15(29)10-6-37-7-13(20(32)34-2)25-18(30)11(5-36-21(33)16(9)10)24-19(31)17(27-35-3)12-8-38-22(23)26-12/h4,8,11,13,28-29H,5-7H2,1-3H3,(H2,23,26)(H,24,31)(H,25,30)/t11-,13-/m0/s1. The topological polar surface area (TPSA) is 212 Å². The number of esters is 2. The Morgan fingerprint density at radius 1 is 1.29 bits per heavy atom. The lowest BCUT2D eigenvalue weighted by Crippen LogP contribution is -2.55. The molecule has 14 nitrogen and oxygen atoms in total. The van der Waals surface area contributed by atoms with Crippen molar-refractivity contribution in [1.29, 1.82) is 0 Å². The molecule has 16 heteroatoms. The maximum absolute atomic E-state index is 13.1. The summed E-state index contributed by atoms with van der Waals surface area (Å²) in [5.41, 5.74) is 5.63. The average Bonchev–Trinajstić information content (AvgIpc) is 3.31. The van der Waals surface area contributed by atoms with E-state index < -0.39 is 42.4 Å². The highest BCUT2D eigenvalue weighted by Gasteiger charge is 2.32. The van der Waals surface area contributed by atoms with E-state index in [1.807, 2.05) is 0 Å². The highest BCUT2D eigenvalue weighted by Crippen LogP contribution is 2.35. The van der Waals surface area contributed by atoms with Gasteiger partial charge in [-0.2, -0.15) is 11.8 Å². The van der Waals surface area contributed by atoms with Gasteiger partial charge in [-0.3, -0.25) is 9.59 Å². The molecule has 3 rings (SSSR count). The van der Waals surface area contributed by atoms with Gasteiger partial charge in [0, 0.05) is 34.1 Å². The molecular weight excluding hydrogens is 542 g/mol. The van der Waals surface area contributed by atoms with Gasteiger partial charge in [-0.05, 0) is 6.92 Å². The third kappa shape index (κ3) is 6.44. The normalized spacial score (nSPS) is 18.7. The van der Waals surface area contributed by atoms with Gasteiger partial charge in [0.1, 0.15) is 43.0 Å². The van der Waals surface area contributed by atoms with Gasteiger partial charge in [0.2, 0.25) is 5.91 Å². The summed E-state index contributed by atoms with van der Waals surface area (Å²) in [7, 11) is 2.35. The summed E-state index contributed by atoms with van der Waals surface area (Å²) in [6, 6.07) is -1.55. The minimum absolute atomic E-state index is 0.00140. The van der Waals surface area contributed by atoms with Crippen LogP contribution in [0.5, 0.6) is 11.5 Å². The Morgan fingerprint density at radius 2 is 2.03 bits per heavy atom. The van der Waals surface area contributed by atoms with Crippen molar-refractivity contribution in [3.05, 3.63) is 33.8 Å². The van der Waals surface area contributed by atoms with Gasteiger partial charge in [0.05, 0.1) is 12.7 Å². The van der Waals surface area contributed by atoms with Crippen LogP contribution in [0.2, 0.25) is 0 Å². The van der Waals surface area contributed by atoms with Crippen molar-refractivity contribution in [1.82, 2.24) is 15.6 Å². The molecule has 0 radical (unpaired) electrons. The molecular formula is C22H25N5O9S2. The first-order chi connectivity index (χ1) is 18.1. The number of thioether (sulfide) groups is 1. The third-order valence-electron chi connectivity index (χ3n) is 5.35. The molecule has 0 aliphatic carbocycles. The number of hydrogen-bond donors (Lipinski definition) is 5. The largest absolute Gasteiger partial charge is 0.508 e. The van der Waals surface area contributed by atoms with E-state index in [1.165, 1.54) is 19.4 Å². The molecule has 2 aromatic rings. The number of cyclic esters (lactones) is 1. The number of amides is 2. The van der Waals surface area contributed by atoms with Crippen LogP contribution in [0.3, 0.4) is 0 Å². The molecule has 0 fully saturated rings. The number of nitrogens with two attached hydrogens (primary N) is 1. The van der Waals surface area contributed by atoms with E-state index in [0.717, 1.165) is 36.3 Å². The van der Waals surface area contributed by atoms with Crippen LogP contribution in [0.25, 0.3) is 0 Å². The zero-order valence-electron chi connectivity index (χ0n) is 20.5. The van der Waals surface area contributed by atoms with Crippen LogP contribution in [0, 0.1) is 6.92 Å². The van der Waals surface area contributed by atoms with Crippen molar-refractivity contribution >= 4 is 57.7 Å². The van der Waals surface area contributed by atoms with Gasteiger partial charge in [-0.1, -0.05) is 5.16 Å². The van der Waals surface area contributed by atoms with Crippen LogP contribution in [-0.2, 0) is 34.4 Å². The number of oxime groups is 1. The van der Waals surface area contributed by atoms with E-state index in [4.69, 9.17) is 20.0 Å². The smallest absolute Gasteiger partial charge is 0.339 e. The van der Waals surface area contributed by atoms with Crippen molar-refractivity contribution in [2.45, 2.75) is 24.8 Å².